The molecule has 1 aromatic heterocycles. The molecule has 8 heteroatoms. The van der Waals surface area contributed by atoms with Gasteiger partial charge in [-0.2, -0.15) is 8.78 Å². The van der Waals surface area contributed by atoms with E-state index in [9.17, 15) is 13.6 Å². The van der Waals surface area contributed by atoms with Crippen molar-refractivity contribution in [1.82, 2.24) is 9.88 Å². The van der Waals surface area contributed by atoms with E-state index in [1.807, 2.05) is 43.5 Å². The van der Waals surface area contributed by atoms with Crippen LogP contribution in [0, 0.1) is 0 Å². The standard InChI is InChI=1S/C25H28F2N2O4/c1-4-33-23-13-19-15(11-22(23)32-3)9-10-29(25(30)24(26)27)21(19)8-5-16-14-28-20-7-6-17(31-2)12-18(16)20/h6-7,11-14,21,24,28H,4-5,8-10H2,1-3H3/t21-/m0/s1. The lowest BCUT2D eigenvalue weighted by molar-refractivity contribution is -0.146. The molecule has 33 heavy (non-hydrogen) atoms. The molecule has 0 bridgehead atoms. The van der Waals surface area contributed by atoms with Crippen molar-refractivity contribution in [2.24, 2.45) is 0 Å². The summed E-state index contributed by atoms with van der Waals surface area (Å²) in [5, 5.41) is 1.02. The number of nitrogens with one attached hydrogen (secondary N) is 1. The third kappa shape index (κ3) is 4.47. The second kappa shape index (κ2) is 9.68. The van der Waals surface area contributed by atoms with Gasteiger partial charge in [0, 0.05) is 23.6 Å². The second-order valence-electron chi connectivity index (χ2n) is 8.00. The van der Waals surface area contributed by atoms with Gasteiger partial charge in [-0.05, 0) is 73.2 Å². The number of benzene rings is 2. The molecular weight excluding hydrogens is 430 g/mol. The molecule has 4 rings (SSSR count). The lowest BCUT2D eigenvalue weighted by atomic mass is 9.88. The van der Waals surface area contributed by atoms with E-state index in [0.717, 1.165) is 33.3 Å². The van der Waals surface area contributed by atoms with Crippen LogP contribution in [0.2, 0.25) is 0 Å². The largest absolute Gasteiger partial charge is 0.497 e. The van der Waals surface area contributed by atoms with Crippen molar-refractivity contribution < 1.29 is 27.8 Å². The summed E-state index contributed by atoms with van der Waals surface area (Å²) in [5.41, 5.74) is 3.83. The van der Waals surface area contributed by atoms with Crippen molar-refractivity contribution >= 4 is 16.8 Å². The lowest BCUT2D eigenvalue weighted by Crippen LogP contribution is -2.43. The van der Waals surface area contributed by atoms with Crippen LogP contribution in [-0.2, 0) is 17.6 Å². The summed E-state index contributed by atoms with van der Waals surface area (Å²) in [6.07, 6.45) is 0.453. The van der Waals surface area contributed by atoms with Crippen molar-refractivity contribution in [1.29, 1.82) is 0 Å². The normalized spacial score (nSPS) is 15.6. The van der Waals surface area contributed by atoms with E-state index >= 15 is 0 Å². The number of H-pyrrole nitrogens is 1. The number of hydrogen-bond acceptors (Lipinski definition) is 4. The molecule has 0 unspecified atom stereocenters. The maximum absolute atomic E-state index is 13.4. The molecule has 1 aliphatic heterocycles. The van der Waals surface area contributed by atoms with Crippen molar-refractivity contribution in [3.8, 4) is 17.2 Å². The number of hydrogen-bond donors (Lipinski definition) is 1. The van der Waals surface area contributed by atoms with E-state index in [0.29, 0.717) is 37.4 Å². The Hall–Kier alpha value is -3.29. The first-order valence-electron chi connectivity index (χ1n) is 11.0. The molecule has 0 saturated carbocycles. The third-order valence-corrected chi connectivity index (χ3v) is 6.21. The Labute approximate surface area is 191 Å². The first-order chi connectivity index (χ1) is 16.0. The summed E-state index contributed by atoms with van der Waals surface area (Å²) < 4.78 is 43.4. The summed E-state index contributed by atoms with van der Waals surface area (Å²) in [6, 6.07) is 9.03. The zero-order chi connectivity index (χ0) is 23.5. The van der Waals surface area contributed by atoms with Gasteiger partial charge in [-0.25, -0.2) is 0 Å². The van der Waals surface area contributed by atoms with Crippen LogP contribution in [0.5, 0.6) is 17.2 Å². The van der Waals surface area contributed by atoms with E-state index < -0.39 is 18.4 Å². The number of carbonyl (C=O) groups is 1. The lowest BCUT2D eigenvalue weighted by Gasteiger charge is -2.38. The van der Waals surface area contributed by atoms with Crippen molar-refractivity contribution in [3.05, 3.63) is 53.2 Å². The Kier molecular flexibility index (Phi) is 6.72. The highest BCUT2D eigenvalue weighted by atomic mass is 19.3. The number of aromatic nitrogens is 1. The number of amides is 1. The van der Waals surface area contributed by atoms with Crippen LogP contribution >= 0.6 is 0 Å². The predicted molar refractivity (Wildman–Crippen MR) is 121 cm³/mol. The van der Waals surface area contributed by atoms with Gasteiger partial charge < -0.3 is 24.1 Å². The summed E-state index contributed by atoms with van der Waals surface area (Å²) in [5.74, 6) is 0.757. The van der Waals surface area contributed by atoms with E-state index in [1.165, 1.54) is 4.90 Å². The van der Waals surface area contributed by atoms with Gasteiger partial charge in [0.25, 0.3) is 5.91 Å². The number of carbonyl (C=O) groups excluding carboxylic acids is 1. The SMILES string of the molecule is CCOc1cc2c(cc1OC)CCN(C(=O)C(F)F)[C@H]2CCc1c[nH]c2ccc(OC)cc12. The fraction of sp³-hybridized carbons (Fsp3) is 0.400. The maximum atomic E-state index is 13.4. The summed E-state index contributed by atoms with van der Waals surface area (Å²) >= 11 is 0. The molecule has 0 saturated heterocycles. The molecule has 6 nitrogen and oxygen atoms in total. The monoisotopic (exact) mass is 458 g/mol. The Morgan fingerprint density at radius 2 is 2.00 bits per heavy atom. The van der Waals surface area contributed by atoms with Gasteiger partial charge >= 0.3 is 6.43 Å². The molecule has 1 atom stereocenters. The number of nitrogens with zero attached hydrogens (tertiary/aromatic N) is 1. The van der Waals surface area contributed by atoms with Gasteiger partial charge in [-0.1, -0.05) is 0 Å². The Morgan fingerprint density at radius 3 is 2.70 bits per heavy atom. The zero-order valence-electron chi connectivity index (χ0n) is 19.0. The van der Waals surface area contributed by atoms with Gasteiger partial charge in [0.05, 0.1) is 26.9 Å². The number of methoxy groups -OCH3 is 2. The van der Waals surface area contributed by atoms with Gasteiger partial charge in [0.1, 0.15) is 5.75 Å². The quantitative estimate of drug-likeness (QED) is 0.521. The summed E-state index contributed by atoms with van der Waals surface area (Å²) in [4.78, 5) is 17.0. The van der Waals surface area contributed by atoms with Crippen LogP contribution in [0.15, 0.2) is 36.5 Å². The molecule has 0 fully saturated rings. The minimum atomic E-state index is -3.05. The molecule has 1 amide bonds. The zero-order valence-corrected chi connectivity index (χ0v) is 19.0. The number of aryl methyl sites for hydroxylation is 1. The fourth-order valence-corrected chi connectivity index (χ4v) is 4.62. The first-order valence-corrected chi connectivity index (χ1v) is 11.0. The van der Waals surface area contributed by atoms with Gasteiger partial charge in [-0.3, -0.25) is 4.79 Å². The number of fused-ring (bicyclic) bond motifs is 2. The molecule has 0 spiro atoms. The van der Waals surface area contributed by atoms with Gasteiger partial charge in [-0.15, -0.1) is 0 Å². The maximum Gasteiger partial charge on any atom is 0.315 e. The van der Waals surface area contributed by atoms with Gasteiger partial charge in [0.2, 0.25) is 0 Å². The average molecular weight is 459 g/mol. The molecule has 2 aromatic carbocycles. The second-order valence-corrected chi connectivity index (χ2v) is 8.00. The number of ether oxygens (including phenoxy) is 3. The molecule has 1 aliphatic rings. The molecule has 2 heterocycles. The van der Waals surface area contributed by atoms with E-state index in [-0.39, 0.29) is 6.54 Å². The highest BCUT2D eigenvalue weighted by Crippen LogP contribution is 2.41. The predicted octanol–water partition coefficient (Wildman–Crippen LogP) is 4.91. The summed E-state index contributed by atoms with van der Waals surface area (Å²) in [6.45, 7) is 2.55. The molecule has 1 N–H and O–H groups in total. The smallest absolute Gasteiger partial charge is 0.315 e. The highest BCUT2D eigenvalue weighted by molar-refractivity contribution is 5.84. The van der Waals surface area contributed by atoms with E-state index in [2.05, 4.69) is 4.98 Å². The minimum absolute atomic E-state index is 0.236. The van der Waals surface area contributed by atoms with Crippen LogP contribution < -0.4 is 14.2 Å². The molecule has 176 valence electrons. The van der Waals surface area contributed by atoms with Crippen LogP contribution in [0.4, 0.5) is 8.78 Å². The number of halogens is 2. The van der Waals surface area contributed by atoms with Crippen molar-refractivity contribution in [2.45, 2.75) is 38.7 Å². The molecule has 0 aliphatic carbocycles. The number of rotatable bonds is 8. The van der Waals surface area contributed by atoms with Crippen LogP contribution in [0.25, 0.3) is 10.9 Å². The van der Waals surface area contributed by atoms with Crippen LogP contribution in [-0.4, -0.2) is 49.6 Å². The first kappa shape index (κ1) is 22.9. The average Bonchev–Trinajstić information content (AvgIpc) is 3.23. The van der Waals surface area contributed by atoms with Crippen LogP contribution in [0.1, 0.15) is 36.1 Å². The highest BCUT2D eigenvalue weighted by Gasteiger charge is 2.35. The Bertz CT molecular complexity index is 1140. The Balaban J connectivity index is 1.70. The van der Waals surface area contributed by atoms with E-state index in [4.69, 9.17) is 14.2 Å². The van der Waals surface area contributed by atoms with E-state index in [1.54, 1.807) is 14.2 Å². The van der Waals surface area contributed by atoms with Crippen molar-refractivity contribution in [2.75, 3.05) is 27.4 Å². The van der Waals surface area contributed by atoms with Gasteiger partial charge in [0.15, 0.2) is 11.5 Å². The molecule has 3 aromatic rings. The minimum Gasteiger partial charge on any atom is -0.497 e. The third-order valence-electron chi connectivity index (χ3n) is 6.21. The number of aromatic amines is 1. The van der Waals surface area contributed by atoms with Crippen molar-refractivity contribution in [3.63, 3.8) is 0 Å². The topological polar surface area (TPSA) is 63.8 Å². The molecular formula is C25H28F2N2O4. The Morgan fingerprint density at radius 1 is 1.18 bits per heavy atom. The molecule has 0 radical (unpaired) electrons. The summed E-state index contributed by atoms with van der Waals surface area (Å²) in [7, 11) is 3.19. The fourth-order valence-electron chi connectivity index (χ4n) is 4.62. The number of alkyl halides is 2. The van der Waals surface area contributed by atoms with Crippen LogP contribution in [0.3, 0.4) is 0 Å².